The first-order chi connectivity index (χ1) is 7.59. The van der Waals surface area contributed by atoms with Crippen molar-refractivity contribution in [2.45, 2.75) is 24.4 Å². The maximum Gasteiger partial charge on any atom is 0.150 e. The fourth-order valence-corrected chi connectivity index (χ4v) is 4.30. The minimum atomic E-state index is -2.73. The van der Waals surface area contributed by atoms with E-state index >= 15 is 0 Å². The van der Waals surface area contributed by atoms with Crippen LogP contribution in [-0.4, -0.2) is 35.7 Å². The van der Waals surface area contributed by atoms with Crippen LogP contribution >= 0.6 is 11.8 Å². The molecule has 1 saturated heterocycles. The number of hydrogen-bond acceptors (Lipinski definition) is 4. The molecule has 1 aliphatic rings. The summed E-state index contributed by atoms with van der Waals surface area (Å²) in [7, 11) is -2.73. The van der Waals surface area contributed by atoms with E-state index in [9.17, 15) is 8.42 Å². The van der Waals surface area contributed by atoms with Crippen LogP contribution in [0.4, 0.5) is 0 Å². The molecule has 0 aliphatic carbocycles. The lowest BCUT2D eigenvalue weighted by molar-refractivity contribution is 0.488. The third-order valence-corrected chi connectivity index (χ3v) is 5.41. The molecule has 1 aliphatic heterocycles. The van der Waals surface area contributed by atoms with E-state index in [0.717, 1.165) is 24.4 Å². The van der Waals surface area contributed by atoms with Crippen molar-refractivity contribution in [2.24, 2.45) is 5.92 Å². The van der Waals surface area contributed by atoms with Crippen LogP contribution in [0.3, 0.4) is 0 Å². The molecule has 0 saturated carbocycles. The minimum Gasteiger partial charge on any atom is -0.336 e. The number of aryl methyl sites for hydroxylation is 1. The molecule has 0 N–H and O–H groups in total. The largest absolute Gasteiger partial charge is 0.336 e. The number of nitrogens with zero attached hydrogens (tertiary/aromatic N) is 2. The van der Waals surface area contributed by atoms with Crippen molar-refractivity contribution in [3.05, 3.63) is 12.5 Å². The highest BCUT2D eigenvalue weighted by Gasteiger charge is 2.27. The van der Waals surface area contributed by atoms with Crippen LogP contribution in [0.15, 0.2) is 17.6 Å². The summed E-state index contributed by atoms with van der Waals surface area (Å²) in [6.07, 6.45) is 7.58. The van der Waals surface area contributed by atoms with E-state index in [-0.39, 0.29) is 0 Å². The van der Waals surface area contributed by atoms with Crippen molar-refractivity contribution in [1.29, 1.82) is 0 Å². The van der Waals surface area contributed by atoms with Gasteiger partial charge < -0.3 is 4.57 Å². The van der Waals surface area contributed by atoms with Crippen LogP contribution in [0.2, 0.25) is 0 Å². The molecule has 1 aromatic heterocycles. The van der Waals surface area contributed by atoms with Gasteiger partial charge in [-0.1, -0.05) is 0 Å². The Labute approximate surface area is 100 Å². The maximum absolute atomic E-state index is 11.3. The molecule has 0 bridgehead atoms. The highest BCUT2D eigenvalue weighted by molar-refractivity contribution is 7.98. The van der Waals surface area contributed by atoms with Crippen molar-refractivity contribution >= 4 is 21.6 Å². The smallest absolute Gasteiger partial charge is 0.150 e. The molecule has 0 amide bonds. The number of imidazole rings is 1. The Kier molecular flexibility index (Phi) is 3.59. The second kappa shape index (κ2) is 4.79. The predicted octanol–water partition coefficient (Wildman–Crippen LogP) is 1.43. The number of hydrogen-bond donors (Lipinski definition) is 0. The average molecular weight is 260 g/mol. The summed E-state index contributed by atoms with van der Waals surface area (Å²) in [6, 6.07) is 0. The van der Waals surface area contributed by atoms with Gasteiger partial charge in [-0.05, 0) is 25.0 Å². The number of rotatable bonds is 4. The van der Waals surface area contributed by atoms with Crippen molar-refractivity contribution in [1.82, 2.24) is 9.55 Å². The zero-order valence-electron chi connectivity index (χ0n) is 9.30. The Morgan fingerprint density at radius 1 is 1.62 bits per heavy atom. The standard InChI is InChI=1S/C10H16N2O2S2/c1-15-10-6-12(8-11-10)4-2-9-3-5-16(13,14)7-9/h6,8-9H,2-5,7H2,1H3. The van der Waals surface area contributed by atoms with E-state index in [1.807, 2.05) is 23.3 Å². The lowest BCUT2D eigenvalue weighted by Crippen LogP contribution is -2.07. The summed E-state index contributed by atoms with van der Waals surface area (Å²) in [5.74, 6) is 1.08. The Morgan fingerprint density at radius 3 is 3.00 bits per heavy atom. The van der Waals surface area contributed by atoms with Crippen molar-refractivity contribution in [3.63, 3.8) is 0 Å². The van der Waals surface area contributed by atoms with E-state index < -0.39 is 9.84 Å². The number of thioether (sulfide) groups is 1. The van der Waals surface area contributed by atoms with Crippen LogP contribution in [0.5, 0.6) is 0 Å². The van der Waals surface area contributed by atoms with E-state index in [1.54, 1.807) is 11.8 Å². The summed E-state index contributed by atoms with van der Waals surface area (Å²) in [5.41, 5.74) is 0. The first-order valence-corrected chi connectivity index (χ1v) is 8.40. The van der Waals surface area contributed by atoms with Gasteiger partial charge in [0.2, 0.25) is 0 Å². The Morgan fingerprint density at radius 2 is 2.44 bits per heavy atom. The van der Waals surface area contributed by atoms with Crippen LogP contribution in [0, 0.1) is 5.92 Å². The minimum absolute atomic E-state index is 0.338. The fourth-order valence-electron chi connectivity index (χ4n) is 2.00. The summed E-state index contributed by atoms with van der Waals surface area (Å²) in [6.45, 7) is 0.869. The molecule has 0 radical (unpaired) electrons. The fraction of sp³-hybridized carbons (Fsp3) is 0.700. The Hall–Kier alpha value is -0.490. The van der Waals surface area contributed by atoms with Crippen molar-refractivity contribution < 1.29 is 8.42 Å². The quantitative estimate of drug-likeness (QED) is 0.769. The van der Waals surface area contributed by atoms with Gasteiger partial charge in [0.1, 0.15) is 5.03 Å². The van der Waals surface area contributed by atoms with Gasteiger partial charge in [-0.25, -0.2) is 13.4 Å². The zero-order valence-corrected chi connectivity index (χ0v) is 10.9. The van der Waals surface area contributed by atoms with Gasteiger partial charge in [0.15, 0.2) is 9.84 Å². The molecule has 6 heteroatoms. The third-order valence-electron chi connectivity index (χ3n) is 2.94. The van der Waals surface area contributed by atoms with Gasteiger partial charge in [0.05, 0.1) is 17.8 Å². The second-order valence-electron chi connectivity index (χ2n) is 4.21. The molecular weight excluding hydrogens is 244 g/mol. The highest BCUT2D eigenvalue weighted by atomic mass is 32.2. The maximum atomic E-state index is 11.3. The molecule has 16 heavy (non-hydrogen) atoms. The van der Waals surface area contributed by atoms with Crippen LogP contribution in [-0.2, 0) is 16.4 Å². The molecule has 1 aromatic rings. The molecule has 1 unspecified atom stereocenters. The van der Waals surface area contributed by atoms with Gasteiger partial charge in [-0.3, -0.25) is 0 Å². The number of sulfone groups is 1. The van der Waals surface area contributed by atoms with Crippen LogP contribution in [0.25, 0.3) is 0 Å². The lowest BCUT2D eigenvalue weighted by atomic mass is 10.1. The molecule has 90 valence electrons. The third kappa shape index (κ3) is 3.01. The number of aromatic nitrogens is 2. The Balaban J connectivity index is 1.84. The summed E-state index contributed by atoms with van der Waals surface area (Å²) in [4.78, 5) is 4.22. The molecular formula is C10H16N2O2S2. The van der Waals surface area contributed by atoms with Crippen LogP contribution in [0.1, 0.15) is 12.8 Å². The molecule has 1 fully saturated rings. The predicted molar refractivity (Wildman–Crippen MR) is 65.4 cm³/mol. The average Bonchev–Trinajstić information content (AvgIpc) is 2.81. The summed E-state index contributed by atoms with van der Waals surface area (Å²) < 4.78 is 24.6. The van der Waals surface area contributed by atoms with E-state index in [4.69, 9.17) is 0 Å². The molecule has 2 heterocycles. The van der Waals surface area contributed by atoms with E-state index in [0.29, 0.717) is 17.4 Å². The summed E-state index contributed by atoms with van der Waals surface area (Å²) in [5, 5.41) is 1.01. The monoisotopic (exact) mass is 260 g/mol. The first-order valence-electron chi connectivity index (χ1n) is 5.35. The van der Waals surface area contributed by atoms with E-state index in [2.05, 4.69) is 4.98 Å². The topological polar surface area (TPSA) is 52.0 Å². The van der Waals surface area contributed by atoms with Crippen LogP contribution < -0.4 is 0 Å². The molecule has 0 spiro atoms. The zero-order chi connectivity index (χ0) is 11.6. The van der Waals surface area contributed by atoms with Gasteiger partial charge in [0, 0.05) is 12.7 Å². The molecule has 4 nitrogen and oxygen atoms in total. The second-order valence-corrected chi connectivity index (χ2v) is 7.27. The van der Waals surface area contributed by atoms with E-state index in [1.165, 1.54) is 0 Å². The highest BCUT2D eigenvalue weighted by Crippen LogP contribution is 2.22. The lowest BCUT2D eigenvalue weighted by Gasteiger charge is -2.07. The van der Waals surface area contributed by atoms with Gasteiger partial charge >= 0.3 is 0 Å². The van der Waals surface area contributed by atoms with Gasteiger partial charge in [-0.15, -0.1) is 11.8 Å². The Bertz CT molecular complexity index is 453. The van der Waals surface area contributed by atoms with Crippen molar-refractivity contribution in [2.75, 3.05) is 17.8 Å². The normalized spacial score (nSPS) is 23.7. The first kappa shape index (κ1) is 12.0. The molecule has 0 aromatic carbocycles. The van der Waals surface area contributed by atoms with Gasteiger partial charge in [0.25, 0.3) is 0 Å². The summed E-state index contributed by atoms with van der Waals surface area (Å²) >= 11 is 1.62. The van der Waals surface area contributed by atoms with Gasteiger partial charge in [-0.2, -0.15) is 0 Å². The molecule has 1 atom stereocenters. The van der Waals surface area contributed by atoms with Crippen molar-refractivity contribution in [3.8, 4) is 0 Å². The molecule has 2 rings (SSSR count). The SMILES string of the molecule is CSc1cn(CCC2CCS(=O)(=O)C2)cn1.